The van der Waals surface area contributed by atoms with E-state index >= 15 is 0 Å². The van der Waals surface area contributed by atoms with Crippen molar-refractivity contribution in [2.75, 3.05) is 6.54 Å². The van der Waals surface area contributed by atoms with Gasteiger partial charge in [0.05, 0.1) is 6.10 Å². The smallest absolute Gasteiger partial charge is 0.254 e. The summed E-state index contributed by atoms with van der Waals surface area (Å²) in [6, 6.07) is 8.03. The van der Waals surface area contributed by atoms with Crippen LogP contribution < -0.4 is 0 Å². The van der Waals surface area contributed by atoms with Crippen LogP contribution in [0.5, 0.6) is 0 Å². The minimum absolute atomic E-state index is 0.143. The lowest BCUT2D eigenvalue weighted by molar-refractivity contribution is 0.0527. The highest BCUT2D eigenvalue weighted by atomic mass is 16.3. The average molecular weight is 273 g/mol. The van der Waals surface area contributed by atoms with E-state index in [1.54, 1.807) is 0 Å². The molecule has 3 heteroatoms. The maximum atomic E-state index is 12.8. The lowest BCUT2D eigenvalue weighted by Gasteiger charge is -2.31. The molecule has 0 bridgehead atoms. The Morgan fingerprint density at radius 3 is 2.70 bits per heavy atom. The van der Waals surface area contributed by atoms with Crippen molar-refractivity contribution in [3.63, 3.8) is 0 Å². The Morgan fingerprint density at radius 2 is 2.00 bits per heavy atom. The summed E-state index contributed by atoms with van der Waals surface area (Å²) in [4.78, 5) is 14.8. The van der Waals surface area contributed by atoms with Crippen molar-refractivity contribution in [3.05, 3.63) is 35.4 Å². The van der Waals surface area contributed by atoms with E-state index < -0.39 is 0 Å². The second-order valence-electron chi connectivity index (χ2n) is 6.19. The highest BCUT2D eigenvalue weighted by molar-refractivity contribution is 5.96. The lowest BCUT2D eigenvalue weighted by Crippen LogP contribution is -2.42. The molecule has 1 N–H and O–H groups in total. The number of benzene rings is 1. The summed E-state index contributed by atoms with van der Waals surface area (Å²) in [7, 11) is 0. The van der Waals surface area contributed by atoms with Crippen LogP contribution in [0.1, 0.15) is 48.0 Å². The Balaban J connectivity index is 1.82. The fraction of sp³-hybridized carbons (Fsp3) is 0.588. The van der Waals surface area contributed by atoms with Crippen molar-refractivity contribution in [2.45, 2.75) is 51.2 Å². The number of aryl methyl sites for hydroxylation is 1. The first-order valence-electron chi connectivity index (χ1n) is 7.73. The summed E-state index contributed by atoms with van der Waals surface area (Å²) in [5, 5.41) is 10.1. The van der Waals surface area contributed by atoms with Crippen LogP contribution in [0.3, 0.4) is 0 Å². The van der Waals surface area contributed by atoms with E-state index in [9.17, 15) is 9.90 Å². The van der Waals surface area contributed by atoms with Gasteiger partial charge >= 0.3 is 0 Å². The number of likely N-dealkylation sites (tertiary alicyclic amines) is 1. The number of aliphatic hydroxyl groups excluding tert-OH is 1. The molecule has 20 heavy (non-hydrogen) atoms. The van der Waals surface area contributed by atoms with E-state index in [1.807, 2.05) is 36.1 Å². The van der Waals surface area contributed by atoms with Gasteiger partial charge in [0.25, 0.3) is 5.91 Å². The molecule has 0 aromatic heterocycles. The van der Waals surface area contributed by atoms with Gasteiger partial charge in [0.1, 0.15) is 0 Å². The van der Waals surface area contributed by atoms with Crippen molar-refractivity contribution in [3.8, 4) is 0 Å². The molecule has 3 atom stereocenters. The van der Waals surface area contributed by atoms with E-state index in [0.29, 0.717) is 0 Å². The molecular weight excluding hydrogens is 250 g/mol. The molecule has 1 saturated heterocycles. The maximum Gasteiger partial charge on any atom is 0.254 e. The Morgan fingerprint density at radius 1 is 1.20 bits per heavy atom. The fourth-order valence-electron chi connectivity index (χ4n) is 3.88. The average Bonchev–Trinajstić information content (AvgIpc) is 3.06. The predicted octanol–water partition coefficient (Wildman–Crippen LogP) is 2.76. The SMILES string of the molecule is Cc1ccccc1C(=O)N1CCCC1C1CCCC1O. The second kappa shape index (κ2) is 5.57. The van der Waals surface area contributed by atoms with Crippen LogP contribution in [0.15, 0.2) is 24.3 Å². The predicted molar refractivity (Wildman–Crippen MR) is 78.6 cm³/mol. The van der Waals surface area contributed by atoms with E-state index in [0.717, 1.165) is 49.8 Å². The van der Waals surface area contributed by atoms with Gasteiger partial charge < -0.3 is 10.0 Å². The number of aliphatic hydroxyl groups is 1. The highest BCUT2D eigenvalue weighted by Crippen LogP contribution is 2.36. The van der Waals surface area contributed by atoms with Gasteiger partial charge in [-0.15, -0.1) is 0 Å². The first kappa shape index (κ1) is 13.6. The molecule has 1 aromatic rings. The summed E-state index contributed by atoms with van der Waals surface area (Å²) in [6.45, 7) is 2.82. The molecule has 0 radical (unpaired) electrons. The van der Waals surface area contributed by atoms with Crippen molar-refractivity contribution in [1.82, 2.24) is 4.90 Å². The highest BCUT2D eigenvalue weighted by Gasteiger charge is 2.40. The zero-order valence-corrected chi connectivity index (χ0v) is 12.1. The number of rotatable bonds is 2. The minimum Gasteiger partial charge on any atom is -0.393 e. The van der Waals surface area contributed by atoms with Gasteiger partial charge in [0, 0.05) is 24.1 Å². The van der Waals surface area contributed by atoms with Crippen molar-refractivity contribution >= 4 is 5.91 Å². The van der Waals surface area contributed by atoms with E-state index in [-0.39, 0.29) is 24.0 Å². The Hall–Kier alpha value is -1.35. The summed E-state index contributed by atoms with van der Waals surface area (Å²) in [5.41, 5.74) is 1.85. The molecule has 3 nitrogen and oxygen atoms in total. The fourth-order valence-corrected chi connectivity index (χ4v) is 3.88. The molecule has 1 aromatic carbocycles. The maximum absolute atomic E-state index is 12.8. The zero-order chi connectivity index (χ0) is 14.1. The van der Waals surface area contributed by atoms with Crippen LogP contribution in [0.2, 0.25) is 0 Å². The minimum atomic E-state index is -0.217. The van der Waals surface area contributed by atoms with Crippen LogP contribution in [0.4, 0.5) is 0 Å². The van der Waals surface area contributed by atoms with Crippen molar-refractivity contribution in [2.24, 2.45) is 5.92 Å². The van der Waals surface area contributed by atoms with Crippen LogP contribution >= 0.6 is 0 Å². The van der Waals surface area contributed by atoms with Gasteiger partial charge in [0.2, 0.25) is 0 Å². The number of carbonyl (C=O) groups is 1. The van der Waals surface area contributed by atoms with Crippen LogP contribution in [0, 0.1) is 12.8 Å². The summed E-state index contributed by atoms with van der Waals surface area (Å²) >= 11 is 0. The van der Waals surface area contributed by atoms with Crippen molar-refractivity contribution in [1.29, 1.82) is 0 Å². The number of carbonyl (C=O) groups excluding carboxylic acids is 1. The molecule has 1 saturated carbocycles. The molecule has 1 aliphatic heterocycles. The summed E-state index contributed by atoms with van der Waals surface area (Å²) in [6.07, 6.45) is 4.93. The zero-order valence-electron chi connectivity index (χ0n) is 12.1. The molecule has 3 rings (SSSR count). The van der Waals surface area contributed by atoms with Gasteiger partial charge in [-0.2, -0.15) is 0 Å². The molecular formula is C17H23NO2. The molecule has 1 amide bonds. The van der Waals surface area contributed by atoms with Gasteiger partial charge in [-0.25, -0.2) is 0 Å². The molecule has 1 aliphatic carbocycles. The number of hydrogen-bond acceptors (Lipinski definition) is 2. The number of hydrogen-bond donors (Lipinski definition) is 1. The lowest BCUT2D eigenvalue weighted by atomic mass is 9.93. The normalized spacial score (nSPS) is 29.9. The first-order chi connectivity index (χ1) is 9.68. The Bertz CT molecular complexity index is 500. The first-order valence-corrected chi connectivity index (χ1v) is 7.73. The molecule has 2 fully saturated rings. The standard InChI is InChI=1S/C17H23NO2/c1-12-6-2-3-7-13(12)17(20)18-11-5-9-15(18)14-8-4-10-16(14)19/h2-3,6-7,14-16,19H,4-5,8-11H2,1H3. The molecule has 0 spiro atoms. The molecule has 2 aliphatic rings. The number of amides is 1. The second-order valence-corrected chi connectivity index (χ2v) is 6.19. The van der Waals surface area contributed by atoms with E-state index in [2.05, 4.69) is 0 Å². The molecule has 108 valence electrons. The monoisotopic (exact) mass is 273 g/mol. The van der Waals surface area contributed by atoms with Gasteiger partial charge in [0.15, 0.2) is 0 Å². The van der Waals surface area contributed by atoms with E-state index in [4.69, 9.17) is 0 Å². The topological polar surface area (TPSA) is 40.5 Å². The third-order valence-electron chi connectivity index (χ3n) is 4.96. The van der Waals surface area contributed by atoms with Gasteiger partial charge in [-0.05, 0) is 44.2 Å². The van der Waals surface area contributed by atoms with Gasteiger partial charge in [-0.3, -0.25) is 4.79 Å². The van der Waals surface area contributed by atoms with Crippen LogP contribution in [0.25, 0.3) is 0 Å². The largest absolute Gasteiger partial charge is 0.393 e. The number of nitrogens with zero attached hydrogens (tertiary/aromatic N) is 1. The third kappa shape index (κ3) is 2.35. The third-order valence-corrected chi connectivity index (χ3v) is 4.96. The van der Waals surface area contributed by atoms with Crippen LogP contribution in [-0.4, -0.2) is 34.6 Å². The summed E-state index contributed by atoms with van der Waals surface area (Å²) in [5.74, 6) is 0.426. The molecule has 3 unspecified atom stereocenters. The Labute approximate surface area is 120 Å². The molecule has 1 heterocycles. The Kier molecular flexibility index (Phi) is 3.79. The van der Waals surface area contributed by atoms with Crippen LogP contribution in [-0.2, 0) is 0 Å². The summed E-state index contributed by atoms with van der Waals surface area (Å²) < 4.78 is 0. The van der Waals surface area contributed by atoms with E-state index in [1.165, 1.54) is 0 Å². The van der Waals surface area contributed by atoms with Crippen molar-refractivity contribution < 1.29 is 9.90 Å². The van der Waals surface area contributed by atoms with Gasteiger partial charge in [-0.1, -0.05) is 24.6 Å². The quantitative estimate of drug-likeness (QED) is 0.900.